The molecule has 1 fully saturated rings. The Morgan fingerprint density at radius 3 is 2.33 bits per heavy atom. The van der Waals surface area contributed by atoms with Gasteiger partial charge in [-0.15, -0.1) is 0 Å². The highest BCUT2D eigenvalue weighted by molar-refractivity contribution is 5.98. The summed E-state index contributed by atoms with van der Waals surface area (Å²) in [5.74, 6) is -4.63. The predicted octanol–water partition coefficient (Wildman–Crippen LogP) is 2.34. The fourth-order valence-corrected chi connectivity index (χ4v) is 2.48. The minimum Gasteiger partial charge on any atom is -0.462 e. The molecule has 1 atom stereocenters. The largest absolute Gasteiger partial charge is 0.462 e. The first kappa shape index (κ1) is 17.7. The summed E-state index contributed by atoms with van der Waals surface area (Å²) >= 11 is 0. The van der Waals surface area contributed by atoms with Gasteiger partial charge in [-0.1, -0.05) is 42.5 Å². The van der Waals surface area contributed by atoms with Crippen LogP contribution < -0.4 is 0 Å². The summed E-state index contributed by atoms with van der Waals surface area (Å²) in [4.78, 5) is 35.5. The minimum atomic E-state index is -1.27. The second-order valence-corrected chi connectivity index (χ2v) is 5.89. The fourth-order valence-electron chi connectivity index (χ4n) is 2.48. The van der Waals surface area contributed by atoms with Crippen molar-refractivity contribution in [3.8, 4) is 0 Å². The van der Waals surface area contributed by atoms with Gasteiger partial charge in [-0.2, -0.15) is 0 Å². The van der Waals surface area contributed by atoms with Crippen LogP contribution in [0.5, 0.6) is 0 Å². The molecule has 1 saturated heterocycles. The Bertz CT molecular complexity index is 627. The van der Waals surface area contributed by atoms with Gasteiger partial charge in [0.25, 0.3) is 5.79 Å². The van der Waals surface area contributed by atoms with Gasteiger partial charge < -0.3 is 14.2 Å². The molecule has 1 aromatic rings. The van der Waals surface area contributed by atoms with Gasteiger partial charge in [0, 0.05) is 26.7 Å². The Morgan fingerprint density at radius 1 is 1.21 bits per heavy atom. The highest BCUT2D eigenvalue weighted by atomic mass is 16.7. The normalized spacial score (nSPS) is 18.8. The molecule has 1 unspecified atom stereocenters. The van der Waals surface area contributed by atoms with E-state index in [1.54, 1.807) is 24.3 Å². The van der Waals surface area contributed by atoms with E-state index in [0.717, 1.165) is 5.56 Å². The lowest BCUT2D eigenvalue weighted by Gasteiger charge is -2.35. The Balaban J connectivity index is 2.27. The average molecular weight is 332 g/mol. The first-order valence-corrected chi connectivity index (χ1v) is 7.61. The predicted molar refractivity (Wildman–Crippen MR) is 84.7 cm³/mol. The van der Waals surface area contributed by atoms with Crippen molar-refractivity contribution in [1.82, 2.24) is 0 Å². The third-order valence-electron chi connectivity index (χ3n) is 3.47. The number of carbonyl (C=O) groups excluding carboxylic acids is 3. The number of allylic oxidation sites excluding steroid dienone is 1. The van der Waals surface area contributed by atoms with Crippen LogP contribution in [0.4, 0.5) is 0 Å². The molecule has 0 saturated carbocycles. The molecule has 0 bridgehead atoms. The molecule has 0 N–H and O–H groups in total. The van der Waals surface area contributed by atoms with Crippen LogP contribution in [0.15, 0.2) is 42.5 Å². The summed E-state index contributed by atoms with van der Waals surface area (Å²) in [7, 11) is 0. The van der Waals surface area contributed by atoms with Gasteiger partial charge >= 0.3 is 17.9 Å². The molecule has 2 rings (SSSR count). The van der Waals surface area contributed by atoms with E-state index in [2.05, 4.69) is 0 Å². The van der Waals surface area contributed by atoms with Gasteiger partial charge in [-0.05, 0) is 5.56 Å². The molecule has 0 amide bonds. The molecule has 1 aliphatic heterocycles. The zero-order valence-corrected chi connectivity index (χ0v) is 13.9. The molecule has 0 spiro atoms. The van der Waals surface area contributed by atoms with Crippen molar-refractivity contribution in [1.29, 1.82) is 0 Å². The molecule has 6 heteroatoms. The number of ether oxygens (including phenoxy) is 3. The Hall–Kier alpha value is -2.63. The first-order chi connectivity index (χ1) is 11.3. The number of hydrogen-bond acceptors (Lipinski definition) is 6. The molecule has 1 aliphatic rings. The van der Waals surface area contributed by atoms with Crippen molar-refractivity contribution in [2.75, 3.05) is 6.61 Å². The third kappa shape index (κ3) is 4.44. The monoisotopic (exact) mass is 332 g/mol. The highest BCUT2D eigenvalue weighted by Crippen LogP contribution is 2.34. The van der Waals surface area contributed by atoms with Gasteiger partial charge in [0.05, 0.1) is 0 Å². The van der Waals surface area contributed by atoms with Crippen LogP contribution >= 0.6 is 0 Å². The lowest BCUT2D eigenvalue weighted by Crippen LogP contribution is -2.48. The van der Waals surface area contributed by atoms with Crippen LogP contribution in [0, 0.1) is 5.92 Å². The van der Waals surface area contributed by atoms with Crippen LogP contribution in [0.25, 0.3) is 0 Å². The van der Waals surface area contributed by atoms with Crippen molar-refractivity contribution in [3.63, 3.8) is 0 Å². The molecule has 1 aromatic carbocycles. The third-order valence-corrected chi connectivity index (χ3v) is 3.47. The second kappa shape index (κ2) is 7.29. The van der Waals surface area contributed by atoms with Crippen molar-refractivity contribution in [3.05, 3.63) is 48.0 Å². The lowest BCUT2D eigenvalue weighted by molar-refractivity contribution is -0.240. The van der Waals surface area contributed by atoms with Crippen molar-refractivity contribution >= 4 is 17.9 Å². The van der Waals surface area contributed by atoms with E-state index >= 15 is 0 Å². The molecule has 0 radical (unpaired) electrons. The van der Waals surface area contributed by atoms with Crippen LogP contribution in [0.3, 0.4) is 0 Å². The first-order valence-electron chi connectivity index (χ1n) is 7.61. The molecule has 128 valence electrons. The van der Waals surface area contributed by atoms with E-state index in [9.17, 15) is 14.4 Å². The van der Waals surface area contributed by atoms with E-state index in [-0.39, 0.29) is 6.61 Å². The summed E-state index contributed by atoms with van der Waals surface area (Å²) in [6, 6.07) is 9.07. The van der Waals surface area contributed by atoms with E-state index < -0.39 is 35.5 Å². The Morgan fingerprint density at radius 2 is 1.79 bits per heavy atom. The number of benzene rings is 1. The number of esters is 3. The molecule has 24 heavy (non-hydrogen) atoms. The summed E-state index contributed by atoms with van der Waals surface area (Å²) in [5, 5.41) is 0. The van der Waals surface area contributed by atoms with Crippen LogP contribution in [-0.2, 0) is 28.6 Å². The maximum atomic E-state index is 12.3. The SMILES string of the molecule is CC(=O)OC/C=C/C(c1ccccc1)C1C(=O)OC(C)(C)OC1=O. The minimum absolute atomic E-state index is 0.0565. The maximum absolute atomic E-state index is 12.3. The van der Waals surface area contributed by atoms with Crippen LogP contribution in [-0.4, -0.2) is 30.3 Å². The van der Waals surface area contributed by atoms with E-state index in [1.165, 1.54) is 20.8 Å². The van der Waals surface area contributed by atoms with E-state index in [1.807, 2.05) is 18.2 Å². The summed E-state index contributed by atoms with van der Waals surface area (Å²) in [6.45, 7) is 4.38. The molecular formula is C18H20O6. The number of hydrogen-bond donors (Lipinski definition) is 0. The van der Waals surface area contributed by atoms with Gasteiger partial charge in [-0.25, -0.2) is 0 Å². The van der Waals surface area contributed by atoms with Gasteiger partial charge in [0.15, 0.2) is 5.92 Å². The maximum Gasteiger partial charge on any atom is 0.324 e. The van der Waals surface area contributed by atoms with Crippen LogP contribution in [0.2, 0.25) is 0 Å². The molecule has 0 aliphatic carbocycles. The summed E-state index contributed by atoms with van der Waals surface area (Å²) in [5.41, 5.74) is 0.759. The quantitative estimate of drug-likeness (QED) is 0.468. The second-order valence-electron chi connectivity index (χ2n) is 5.89. The zero-order valence-electron chi connectivity index (χ0n) is 13.9. The summed E-state index contributed by atoms with van der Waals surface area (Å²) in [6.07, 6.45) is 3.25. The molecule has 6 nitrogen and oxygen atoms in total. The number of cyclic esters (lactones) is 2. The molecular weight excluding hydrogens is 312 g/mol. The summed E-state index contributed by atoms with van der Waals surface area (Å²) < 4.78 is 15.2. The van der Waals surface area contributed by atoms with Gasteiger partial charge in [0.2, 0.25) is 0 Å². The molecule has 0 aromatic heterocycles. The fraction of sp³-hybridized carbons (Fsp3) is 0.389. The standard InChI is InChI=1S/C18H20O6/c1-12(19)22-11-7-10-14(13-8-5-4-6-9-13)15-16(20)23-18(2,3)24-17(15)21/h4-10,14-15H,11H2,1-3H3/b10-7+. The zero-order chi connectivity index (χ0) is 17.7. The average Bonchev–Trinajstić information content (AvgIpc) is 2.48. The van der Waals surface area contributed by atoms with Gasteiger partial charge in [0.1, 0.15) is 6.61 Å². The smallest absolute Gasteiger partial charge is 0.324 e. The van der Waals surface area contributed by atoms with Crippen molar-refractivity contribution in [2.45, 2.75) is 32.5 Å². The number of carbonyl (C=O) groups is 3. The van der Waals surface area contributed by atoms with Crippen molar-refractivity contribution < 1.29 is 28.6 Å². The van der Waals surface area contributed by atoms with E-state index in [0.29, 0.717) is 0 Å². The molecule has 1 heterocycles. The highest BCUT2D eigenvalue weighted by Gasteiger charge is 2.46. The Labute approximate surface area is 140 Å². The Kier molecular flexibility index (Phi) is 5.39. The topological polar surface area (TPSA) is 78.9 Å². The van der Waals surface area contributed by atoms with E-state index in [4.69, 9.17) is 14.2 Å². The van der Waals surface area contributed by atoms with Crippen molar-refractivity contribution in [2.24, 2.45) is 5.92 Å². The van der Waals surface area contributed by atoms with Crippen LogP contribution in [0.1, 0.15) is 32.3 Å². The number of rotatable bonds is 5. The lowest BCUT2D eigenvalue weighted by atomic mass is 9.85. The van der Waals surface area contributed by atoms with Gasteiger partial charge in [-0.3, -0.25) is 14.4 Å².